The maximum atomic E-state index is 5.52. The van der Waals surface area contributed by atoms with Gasteiger partial charge in [0.05, 0.1) is 13.2 Å². The fourth-order valence-electron chi connectivity index (χ4n) is 2.85. The van der Waals surface area contributed by atoms with Gasteiger partial charge < -0.3 is 15.0 Å². The molecule has 4 nitrogen and oxygen atoms in total. The first-order valence-electron chi connectivity index (χ1n) is 7.07. The average molecular weight is 241 g/mol. The van der Waals surface area contributed by atoms with Crippen molar-refractivity contribution in [1.29, 1.82) is 0 Å². The molecule has 2 aliphatic rings. The number of rotatable bonds is 4. The summed E-state index contributed by atoms with van der Waals surface area (Å²) in [7, 11) is 0. The highest BCUT2D eigenvalue weighted by molar-refractivity contribution is 4.81. The van der Waals surface area contributed by atoms with Gasteiger partial charge in [0.25, 0.3) is 0 Å². The number of likely N-dealkylation sites (N-methyl/N-ethyl adjacent to an activating group) is 1. The maximum absolute atomic E-state index is 5.52. The van der Waals surface area contributed by atoms with Crippen molar-refractivity contribution in [2.75, 3.05) is 52.5 Å². The molecule has 2 rings (SSSR count). The van der Waals surface area contributed by atoms with Crippen molar-refractivity contribution in [3.63, 3.8) is 0 Å². The van der Waals surface area contributed by atoms with Gasteiger partial charge in [0, 0.05) is 44.8 Å². The number of nitrogens with zero attached hydrogens (tertiary/aromatic N) is 2. The molecule has 4 heteroatoms. The smallest absolute Gasteiger partial charge is 0.0620 e. The summed E-state index contributed by atoms with van der Waals surface area (Å²) in [5.41, 5.74) is 0. The molecule has 0 spiro atoms. The van der Waals surface area contributed by atoms with Gasteiger partial charge in [-0.1, -0.05) is 6.92 Å². The fourth-order valence-corrected chi connectivity index (χ4v) is 2.85. The first-order valence-corrected chi connectivity index (χ1v) is 7.07. The average Bonchev–Trinajstić information content (AvgIpc) is 2.40. The Morgan fingerprint density at radius 1 is 1.29 bits per heavy atom. The van der Waals surface area contributed by atoms with Crippen LogP contribution in [0.1, 0.15) is 20.3 Å². The van der Waals surface area contributed by atoms with Crippen LogP contribution in [0.25, 0.3) is 0 Å². The number of piperazine rings is 1. The standard InChI is InChI=1S/C13H27N3O/c1-3-15-5-7-16(8-6-15)12(2)10-13-11-17-9-4-14-13/h12-14H,3-11H2,1-2H3. The van der Waals surface area contributed by atoms with Crippen LogP contribution in [0, 0.1) is 0 Å². The second kappa shape index (κ2) is 6.69. The number of morpholine rings is 1. The van der Waals surface area contributed by atoms with E-state index in [0.717, 1.165) is 19.8 Å². The number of hydrogen-bond donors (Lipinski definition) is 1. The molecule has 0 aromatic rings. The zero-order valence-corrected chi connectivity index (χ0v) is 11.3. The summed E-state index contributed by atoms with van der Waals surface area (Å²) in [6.07, 6.45) is 1.21. The van der Waals surface area contributed by atoms with Crippen molar-refractivity contribution in [2.45, 2.75) is 32.4 Å². The second-order valence-electron chi connectivity index (χ2n) is 5.28. The molecule has 0 radical (unpaired) electrons. The summed E-state index contributed by atoms with van der Waals surface area (Å²) in [5.74, 6) is 0. The molecule has 0 bridgehead atoms. The quantitative estimate of drug-likeness (QED) is 0.771. The maximum Gasteiger partial charge on any atom is 0.0620 e. The highest BCUT2D eigenvalue weighted by Gasteiger charge is 2.23. The molecular formula is C13H27N3O. The van der Waals surface area contributed by atoms with E-state index in [9.17, 15) is 0 Å². The van der Waals surface area contributed by atoms with E-state index in [1.54, 1.807) is 0 Å². The highest BCUT2D eigenvalue weighted by Crippen LogP contribution is 2.12. The Balaban J connectivity index is 1.70. The second-order valence-corrected chi connectivity index (χ2v) is 5.28. The summed E-state index contributed by atoms with van der Waals surface area (Å²) in [6.45, 7) is 13.5. The zero-order chi connectivity index (χ0) is 12.1. The van der Waals surface area contributed by atoms with E-state index in [0.29, 0.717) is 12.1 Å². The fraction of sp³-hybridized carbons (Fsp3) is 1.00. The van der Waals surface area contributed by atoms with Crippen LogP contribution in [0.2, 0.25) is 0 Å². The molecule has 1 N–H and O–H groups in total. The van der Waals surface area contributed by atoms with Crippen molar-refractivity contribution in [3.05, 3.63) is 0 Å². The third kappa shape index (κ3) is 3.91. The molecule has 2 atom stereocenters. The number of hydrogen-bond acceptors (Lipinski definition) is 4. The zero-order valence-electron chi connectivity index (χ0n) is 11.3. The van der Waals surface area contributed by atoms with Crippen LogP contribution in [0.15, 0.2) is 0 Å². The Morgan fingerprint density at radius 3 is 2.65 bits per heavy atom. The van der Waals surface area contributed by atoms with Gasteiger partial charge in [0.1, 0.15) is 0 Å². The molecule has 0 saturated carbocycles. The molecule has 2 aliphatic heterocycles. The van der Waals surface area contributed by atoms with Crippen LogP contribution in [-0.4, -0.2) is 74.4 Å². The monoisotopic (exact) mass is 241 g/mol. The van der Waals surface area contributed by atoms with E-state index in [2.05, 4.69) is 29.0 Å². The van der Waals surface area contributed by atoms with Gasteiger partial charge >= 0.3 is 0 Å². The minimum absolute atomic E-state index is 0.558. The van der Waals surface area contributed by atoms with Gasteiger partial charge in [0.15, 0.2) is 0 Å². The van der Waals surface area contributed by atoms with Gasteiger partial charge in [-0.15, -0.1) is 0 Å². The van der Waals surface area contributed by atoms with Crippen molar-refractivity contribution in [1.82, 2.24) is 15.1 Å². The van der Waals surface area contributed by atoms with Crippen LogP contribution in [0.4, 0.5) is 0 Å². The summed E-state index contributed by atoms with van der Waals surface area (Å²) in [6, 6.07) is 1.23. The molecule has 0 aliphatic carbocycles. The van der Waals surface area contributed by atoms with Gasteiger partial charge in [-0.3, -0.25) is 4.90 Å². The van der Waals surface area contributed by atoms with Crippen molar-refractivity contribution in [3.8, 4) is 0 Å². The summed E-state index contributed by atoms with van der Waals surface area (Å²) >= 11 is 0. The Hall–Kier alpha value is -0.160. The predicted molar refractivity (Wildman–Crippen MR) is 70.4 cm³/mol. The molecular weight excluding hydrogens is 214 g/mol. The first-order chi connectivity index (χ1) is 8.29. The van der Waals surface area contributed by atoms with E-state index in [4.69, 9.17) is 4.74 Å². The molecule has 2 unspecified atom stereocenters. The van der Waals surface area contributed by atoms with Crippen molar-refractivity contribution >= 4 is 0 Å². The first kappa shape index (κ1) is 13.3. The van der Waals surface area contributed by atoms with Crippen LogP contribution in [0.3, 0.4) is 0 Å². The van der Waals surface area contributed by atoms with Crippen LogP contribution in [-0.2, 0) is 4.74 Å². The Labute approximate surface area is 105 Å². The minimum atomic E-state index is 0.558. The van der Waals surface area contributed by atoms with Crippen LogP contribution >= 0.6 is 0 Å². The topological polar surface area (TPSA) is 27.7 Å². The lowest BCUT2D eigenvalue weighted by molar-refractivity contribution is 0.0515. The highest BCUT2D eigenvalue weighted by atomic mass is 16.5. The SMILES string of the molecule is CCN1CCN(C(C)CC2COCCN2)CC1. The van der Waals surface area contributed by atoms with Gasteiger partial charge in [-0.05, 0) is 19.9 Å². The normalized spacial score (nSPS) is 30.4. The van der Waals surface area contributed by atoms with E-state index in [1.807, 2.05) is 0 Å². The Kier molecular flexibility index (Phi) is 5.22. The molecule has 17 heavy (non-hydrogen) atoms. The summed E-state index contributed by atoms with van der Waals surface area (Å²) in [4.78, 5) is 5.16. The lowest BCUT2D eigenvalue weighted by Gasteiger charge is -2.39. The third-order valence-corrected chi connectivity index (χ3v) is 4.10. The van der Waals surface area contributed by atoms with Gasteiger partial charge in [0.2, 0.25) is 0 Å². The van der Waals surface area contributed by atoms with Crippen LogP contribution < -0.4 is 5.32 Å². The van der Waals surface area contributed by atoms with Crippen molar-refractivity contribution in [2.24, 2.45) is 0 Å². The molecule has 0 aromatic carbocycles. The molecule has 2 saturated heterocycles. The van der Waals surface area contributed by atoms with E-state index < -0.39 is 0 Å². The lowest BCUT2D eigenvalue weighted by atomic mass is 10.1. The van der Waals surface area contributed by atoms with Crippen LogP contribution in [0.5, 0.6) is 0 Å². The number of nitrogens with one attached hydrogen (secondary N) is 1. The molecule has 100 valence electrons. The molecule has 2 heterocycles. The van der Waals surface area contributed by atoms with Gasteiger partial charge in [-0.25, -0.2) is 0 Å². The van der Waals surface area contributed by atoms with E-state index in [-0.39, 0.29) is 0 Å². The third-order valence-electron chi connectivity index (χ3n) is 4.10. The summed E-state index contributed by atoms with van der Waals surface area (Å²) in [5, 5.41) is 3.55. The molecule has 0 amide bonds. The van der Waals surface area contributed by atoms with Gasteiger partial charge in [-0.2, -0.15) is 0 Å². The molecule has 0 aromatic heterocycles. The lowest BCUT2D eigenvalue weighted by Crippen LogP contribution is -2.52. The Bertz CT molecular complexity index is 211. The molecule has 2 fully saturated rings. The largest absolute Gasteiger partial charge is 0.379 e. The predicted octanol–water partition coefficient (Wildman–Crippen LogP) is 0.391. The van der Waals surface area contributed by atoms with Crippen molar-refractivity contribution < 1.29 is 4.74 Å². The van der Waals surface area contributed by atoms with E-state index in [1.165, 1.54) is 39.1 Å². The van der Waals surface area contributed by atoms with E-state index >= 15 is 0 Å². The summed E-state index contributed by atoms with van der Waals surface area (Å²) < 4.78 is 5.52. The minimum Gasteiger partial charge on any atom is -0.379 e. The number of ether oxygens (including phenoxy) is 1. The Morgan fingerprint density at radius 2 is 2.06 bits per heavy atom.